The Morgan fingerprint density at radius 2 is 1.88 bits per heavy atom. The smallest absolute Gasteiger partial charge is 0.303 e. The number of hydrogen-bond donors (Lipinski definition) is 1. The first-order valence-corrected chi connectivity index (χ1v) is 6.01. The maximum absolute atomic E-state index is 11.6. The van der Waals surface area contributed by atoms with Gasteiger partial charge in [-0.1, -0.05) is 0 Å². The molecule has 1 aliphatic carbocycles. The number of rotatable bonds is 5. The van der Waals surface area contributed by atoms with Crippen molar-refractivity contribution in [3.63, 3.8) is 0 Å². The maximum atomic E-state index is 11.6. The summed E-state index contributed by atoms with van der Waals surface area (Å²) in [5.41, 5.74) is 0. The number of carbonyl (C=O) groups is 2. The first kappa shape index (κ1) is 14.0. The van der Waals surface area contributed by atoms with Crippen molar-refractivity contribution in [2.24, 2.45) is 5.92 Å². The molecule has 5 nitrogen and oxygen atoms in total. The number of ether oxygens (including phenoxy) is 1. The van der Waals surface area contributed by atoms with E-state index in [1.165, 1.54) is 7.11 Å². The largest absolute Gasteiger partial charge is 0.481 e. The summed E-state index contributed by atoms with van der Waals surface area (Å²) in [4.78, 5) is 23.9. The van der Waals surface area contributed by atoms with Gasteiger partial charge in [0, 0.05) is 26.6 Å². The molecule has 1 amide bonds. The molecular formula is C12H21NO4. The van der Waals surface area contributed by atoms with Crippen LogP contribution in [-0.2, 0) is 14.3 Å². The van der Waals surface area contributed by atoms with Crippen LogP contribution in [0.2, 0.25) is 0 Å². The van der Waals surface area contributed by atoms with Gasteiger partial charge in [-0.25, -0.2) is 0 Å². The molecule has 0 aromatic rings. The van der Waals surface area contributed by atoms with Gasteiger partial charge in [0.2, 0.25) is 5.91 Å². The molecule has 1 aliphatic rings. The summed E-state index contributed by atoms with van der Waals surface area (Å²) < 4.78 is 4.82. The van der Waals surface area contributed by atoms with Gasteiger partial charge >= 0.3 is 5.97 Å². The van der Waals surface area contributed by atoms with Gasteiger partial charge in [-0.15, -0.1) is 0 Å². The molecular weight excluding hydrogens is 222 g/mol. The number of carboxylic acids is 1. The number of likely N-dealkylation sites (N-methyl/N-ethyl adjacent to an activating group) is 1. The third-order valence-electron chi connectivity index (χ3n) is 3.49. The normalized spacial score (nSPS) is 24.4. The van der Waals surface area contributed by atoms with Crippen molar-refractivity contribution < 1.29 is 19.4 Å². The zero-order valence-corrected chi connectivity index (χ0v) is 10.5. The van der Waals surface area contributed by atoms with E-state index in [2.05, 4.69) is 0 Å². The highest BCUT2D eigenvalue weighted by molar-refractivity contribution is 5.77. The molecule has 0 bridgehead atoms. The number of amides is 1. The molecule has 0 atom stereocenters. The van der Waals surface area contributed by atoms with Crippen molar-refractivity contribution in [2.45, 2.75) is 38.1 Å². The van der Waals surface area contributed by atoms with E-state index in [9.17, 15) is 9.59 Å². The van der Waals surface area contributed by atoms with Crippen LogP contribution in [0.3, 0.4) is 0 Å². The second-order valence-electron chi connectivity index (χ2n) is 4.71. The number of aliphatic carboxylic acids is 1. The number of methoxy groups -OCH3 is 1. The van der Waals surface area contributed by atoms with Crippen LogP contribution in [0.15, 0.2) is 0 Å². The van der Waals surface area contributed by atoms with E-state index in [1.807, 2.05) is 0 Å². The fraction of sp³-hybridized carbons (Fsp3) is 0.833. The summed E-state index contributed by atoms with van der Waals surface area (Å²) in [5, 5.41) is 8.72. The summed E-state index contributed by atoms with van der Waals surface area (Å²) in [6, 6.07) is 0.239. The summed E-state index contributed by atoms with van der Waals surface area (Å²) >= 11 is 0. The van der Waals surface area contributed by atoms with Crippen molar-refractivity contribution in [1.82, 2.24) is 4.90 Å². The van der Waals surface area contributed by atoms with Crippen LogP contribution in [0.25, 0.3) is 0 Å². The topological polar surface area (TPSA) is 66.8 Å². The zero-order chi connectivity index (χ0) is 12.8. The molecule has 0 radical (unpaired) electrons. The third-order valence-corrected chi connectivity index (χ3v) is 3.49. The Morgan fingerprint density at radius 1 is 1.29 bits per heavy atom. The molecule has 98 valence electrons. The van der Waals surface area contributed by atoms with Gasteiger partial charge in [-0.05, 0) is 31.6 Å². The van der Waals surface area contributed by atoms with E-state index in [-0.39, 0.29) is 30.9 Å². The van der Waals surface area contributed by atoms with Gasteiger partial charge in [0.25, 0.3) is 0 Å². The van der Waals surface area contributed by atoms with E-state index in [1.54, 1.807) is 11.9 Å². The molecule has 0 heterocycles. The highest BCUT2D eigenvalue weighted by atomic mass is 16.5. The van der Waals surface area contributed by atoms with Gasteiger partial charge < -0.3 is 14.7 Å². The third kappa shape index (κ3) is 4.34. The van der Waals surface area contributed by atoms with Crippen LogP contribution in [-0.4, -0.2) is 48.7 Å². The fourth-order valence-corrected chi connectivity index (χ4v) is 2.41. The molecule has 0 aromatic carbocycles. The molecule has 0 unspecified atom stereocenters. The second-order valence-corrected chi connectivity index (χ2v) is 4.71. The SMILES string of the molecule is COCC(=O)N(C)[C@H]1CC[C@H](CC(=O)O)CC1. The Labute approximate surface area is 102 Å². The van der Waals surface area contributed by atoms with Crippen LogP contribution < -0.4 is 0 Å². The highest BCUT2D eigenvalue weighted by Gasteiger charge is 2.27. The van der Waals surface area contributed by atoms with Crippen LogP contribution >= 0.6 is 0 Å². The fourth-order valence-electron chi connectivity index (χ4n) is 2.41. The average Bonchev–Trinajstić information content (AvgIpc) is 2.28. The van der Waals surface area contributed by atoms with E-state index in [0.29, 0.717) is 0 Å². The van der Waals surface area contributed by atoms with Crippen LogP contribution in [0.5, 0.6) is 0 Å². The van der Waals surface area contributed by atoms with E-state index in [4.69, 9.17) is 9.84 Å². The molecule has 0 aliphatic heterocycles. The Balaban J connectivity index is 2.35. The first-order valence-electron chi connectivity index (χ1n) is 6.01. The van der Waals surface area contributed by atoms with Crippen molar-refractivity contribution in [2.75, 3.05) is 20.8 Å². The molecule has 1 rings (SSSR count). The monoisotopic (exact) mass is 243 g/mol. The highest BCUT2D eigenvalue weighted by Crippen LogP contribution is 2.29. The van der Waals surface area contributed by atoms with Crippen molar-refractivity contribution in [3.8, 4) is 0 Å². The minimum Gasteiger partial charge on any atom is -0.481 e. The maximum Gasteiger partial charge on any atom is 0.303 e. The Hall–Kier alpha value is -1.10. The molecule has 0 aromatic heterocycles. The van der Waals surface area contributed by atoms with Crippen molar-refractivity contribution in [1.29, 1.82) is 0 Å². The quantitative estimate of drug-likeness (QED) is 0.786. The molecule has 1 saturated carbocycles. The Morgan fingerprint density at radius 3 is 2.35 bits per heavy atom. The van der Waals surface area contributed by atoms with Crippen molar-refractivity contribution in [3.05, 3.63) is 0 Å². The zero-order valence-electron chi connectivity index (χ0n) is 10.5. The molecule has 17 heavy (non-hydrogen) atoms. The number of hydrogen-bond acceptors (Lipinski definition) is 3. The summed E-state index contributed by atoms with van der Waals surface area (Å²) in [6.07, 6.45) is 3.82. The first-order chi connectivity index (χ1) is 8.04. The standard InChI is InChI=1S/C12H21NO4/c1-13(11(14)8-17-2)10-5-3-9(4-6-10)7-12(15)16/h9-10H,3-8H2,1-2H3,(H,15,16)/t9-,10-. The Bertz CT molecular complexity index is 272. The molecule has 1 fully saturated rings. The van der Waals surface area contributed by atoms with Gasteiger partial charge in [0.05, 0.1) is 0 Å². The number of carboxylic acid groups (broad SMARTS) is 1. The van der Waals surface area contributed by atoms with Gasteiger partial charge in [-0.2, -0.15) is 0 Å². The van der Waals surface area contributed by atoms with Gasteiger partial charge in [0.15, 0.2) is 0 Å². The lowest BCUT2D eigenvalue weighted by Gasteiger charge is -2.34. The number of carbonyl (C=O) groups excluding carboxylic acids is 1. The average molecular weight is 243 g/mol. The predicted octanol–water partition coefficient (Wildman–Crippen LogP) is 1.12. The lowest BCUT2D eigenvalue weighted by atomic mass is 9.83. The molecule has 0 spiro atoms. The lowest BCUT2D eigenvalue weighted by Crippen LogP contribution is -2.41. The number of nitrogens with zero attached hydrogens (tertiary/aromatic N) is 1. The van der Waals surface area contributed by atoms with Crippen LogP contribution in [0.1, 0.15) is 32.1 Å². The molecule has 0 saturated heterocycles. The summed E-state index contributed by atoms with van der Waals surface area (Å²) in [5.74, 6) is -0.457. The van der Waals surface area contributed by atoms with Crippen molar-refractivity contribution >= 4 is 11.9 Å². The molecule has 1 N–H and O–H groups in total. The van der Waals surface area contributed by atoms with E-state index < -0.39 is 5.97 Å². The van der Waals surface area contributed by atoms with Crippen LogP contribution in [0, 0.1) is 5.92 Å². The Kier molecular flexibility index (Phi) is 5.41. The predicted molar refractivity (Wildman–Crippen MR) is 62.6 cm³/mol. The van der Waals surface area contributed by atoms with E-state index >= 15 is 0 Å². The summed E-state index contributed by atoms with van der Waals surface area (Å²) in [7, 11) is 3.30. The second kappa shape index (κ2) is 6.59. The minimum absolute atomic E-state index is 0.00538. The minimum atomic E-state index is -0.725. The van der Waals surface area contributed by atoms with Gasteiger partial charge in [0.1, 0.15) is 6.61 Å². The van der Waals surface area contributed by atoms with Gasteiger partial charge in [-0.3, -0.25) is 9.59 Å². The summed E-state index contributed by atoms with van der Waals surface area (Å²) in [6.45, 7) is 0.117. The molecule has 5 heteroatoms. The van der Waals surface area contributed by atoms with E-state index in [0.717, 1.165) is 25.7 Å². The van der Waals surface area contributed by atoms with Crippen LogP contribution in [0.4, 0.5) is 0 Å². The lowest BCUT2D eigenvalue weighted by molar-refractivity contribution is -0.140.